The molecule has 2 aromatic rings. The highest BCUT2D eigenvalue weighted by Crippen LogP contribution is 2.16. The summed E-state index contributed by atoms with van der Waals surface area (Å²) in [5, 5.41) is 8.20. The van der Waals surface area contributed by atoms with E-state index in [1.54, 1.807) is 0 Å². The van der Waals surface area contributed by atoms with Gasteiger partial charge in [-0.1, -0.05) is 103 Å². The maximum Gasteiger partial charge on any atom is 0.0857 e. The second-order valence-corrected chi connectivity index (χ2v) is 5.03. The van der Waals surface area contributed by atoms with Gasteiger partial charge in [-0.3, -0.25) is 0 Å². The minimum Gasteiger partial charge on any atom is -0.151 e. The Balaban J connectivity index is -0.000000374. The lowest BCUT2D eigenvalue weighted by atomic mass is 10.3. The first kappa shape index (κ1) is 30.3. The number of allylic oxidation sites excluding steroid dienone is 2. The third kappa shape index (κ3) is 23.5. The summed E-state index contributed by atoms with van der Waals surface area (Å²) in [6.45, 7) is 19.4. The molecule has 0 radical (unpaired) electrons. The summed E-state index contributed by atoms with van der Waals surface area (Å²) in [5.41, 5.74) is 1.74. The average molecular weight is 383 g/mol. The number of benzene rings is 2. The van der Waals surface area contributed by atoms with Gasteiger partial charge < -0.3 is 0 Å². The molecule has 2 aromatic carbocycles. The van der Waals surface area contributed by atoms with E-state index in [2.05, 4.69) is 37.2 Å². The number of azo groups is 1. The number of hydrogen-bond donors (Lipinski definition) is 0. The first-order valence-corrected chi connectivity index (χ1v) is 10.5. The normalized spacial score (nSPS) is 8.36. The van der Waals surface area contributed by atoms with Crippen molar-refractivity contribution < 1.29 is 0 Å². The first-order valence-electron chi connectivity index (χ1n) is 10.5. The highest BCUT2D eigenvalue weighted by Gasteiger charge is 1.86. The lowest BCUT2D eigenvalue weighted by molar-refractivity contribution is 0.961. The van der Waals surface area contributed by atoms with Crippen molar-refractivity contribution in [2.45, 2.75) is 67.2 Å². The topological polar surface area (TPSA) is 24.7 Å². The van der Waals surface area contributed by atoms with Crippen molar-refractivity contribution in [2.24, 2.45) is 10.2 Å². The van der Waals surface area contributed by atoms with Crippen LogP contribution in [0.15, 0.2) is 96.2 Å². The zero-order valence-electron chi connectivity index (χ0n) is 19.1. The average Bonchev–Trinajstić information content (AvgIpc) is 2.79. The quantitative estimate of drug-likeness (QED) is 0.350. The maximum absolute atomic E-state index is 4.10. The molecule has 0 aliphatic carbocycles. The molecule has 0 N–H and O–H groups in total. The van der Waals surface area contributed by atoms with E-state index >= 15 is 0 Å². The molecule has 0 bridgehead atoms. The van der Waals surface area contributed by atoms with E-state index in [0.717, 1.165) is 24.2 Å². The molecule has 28 heavy (non-hydrogen) atoms. The Hall–Kier alpha value is -2.48. The van der Waals surface area contributed by atoms with E-state index in [-0.39, 0.29) is 0 Å². The number of rotatable bonds is 6. The molecule has 0 unspecified atom stereocenters. The van der Waals surface area contributed by atoms with Crippen LogP contribution in [0.5, 0.6) is 0 Å². The summed E-state index contributed by atoms with van der Waals surface area (Å²) >= 11 is 0. The SMILES string of the molecule is C=CCCC.C=CCCC.CC.CC.c1ccc(N=Nc2ccccc2)cc1. The van der Waals surface area contributed by atoms with Gasteiger partial charge in [0.1, 0.15) is 0 Å². The van der Waals surface area contributed by atoms with Crippen molar-refractivity contribution in [2.75, 3.05) is 0 Å². The summed E-state index contributed by atoms with van der Waals surface area (Å²) in [6, 6.07) is 19.4. The number of unbranched alkanes of at least 4 members (excludes halogenated alkanes) is 2. The second kappa shape index (κ2) is 29.3. The van der Waals surface area contributed by atoms with E-state index in [1.807, 2.05) is 101 Å². The monoisotopic (exact) mass is 382 g/mol. The first-order chi connectivity index (χ1) is 13.8. The van der Waals surface area contributed by atoms with Crippen molar-refractivity contribution in [1.29, 1.82) is 0 Å². The fourth-order valence-corrected chi connectivity index (χ4v) is 1.51. The minimum atomic E-state index is 0.872. The van der Waals surface area contributed by atoms with Gasteiger partial charge in [0.15, 0.2) is 0 Å². The van der Waals surface area contributed by atoms with Crippen molar-refractivity contribution in [3.05, 3.63) is 86.0 Å². The number of nitrogens with zero attached hydrogens (tertiary/aromatic N) is 2. The fraction of sp³-hybridized carbons (Fsp3) is 0.385. The molecule has 2 rings (SSSR count). The van der Waals surface area contributed by atoms with Crippen LogP contribution in [0.1, 0.15) is 67.2 Å². The Kier molecular flexibility index (Phi) is 31.6. The zero-order chi connectivity index (χ0) is 21.9. The smallest absolute Gasteiger partial charge is 0.0857 e. The molecule has 0 atom stereocenters. The Morgan fingerprint density at radius 2 is 0.893 bits per heavy atom. The lowest BCUT2D eigenvalue weighted by Crippen LogP contribution is -1.62. The summed E-state index contributed by atoms with van der Waals surface area (Å²) in [4.78, 5) is 0. The van der Waals surface area contributed by atoms with Crippen molar-refractivity contribution in [3.8, 4) is 0 Å². The van der Waals surface area contributed by atoms with Gasteiger partial charge >= 0.3 is 0 Å². The standard InChI is InChI=1S/C12H10N2.2C5H10.2C2H6/c1-3-7-11(8-4-1)13-14-12-9-5-2-6-10-12;2*1-3-5-4-2;2*1-2/h1-10H;2*3H,1,4-5H2,2H3;2*1-2H3. The van der Waals surface area contributed by atoms with Gasteiger partial charge in [0.25, 0.3) is 0 Å². The molecule has 0 aliphatic rings. The van der Waals surface area contributed by atoms with Crippen molar-refractivity contribution >= 4 is 11.4 Å². The summed E-state index contributed by atoms with van der Waals surface area (Å²) in [6.07, 6.45) is 8.62. The third-order valence-corrected chi connectivity index (χ3v) is 2.78. The van der Waals surface area contributed by atoms with Gasteiger partial charge in [0.2, 0.25) is 0 Å². The van der Waals surface area contributed by atoms with Crippen LogP contribution in [0, 0.1) is 0 Å². The molecule has 0 spiro atoms. The lowest BCUT2D eigenvalue weighted by Gasteiger charge is -1.91. The van der Waals surface area contributed by atoms with Crippen LogP contribution in [-0.4, -0.2) is 0 Å². The Bertz CT molecular complexity index is 494. The molecular weight excluding hydrogens is 340 g/mol. The molecule has 2 heteroatoms. The van der Waals surface area contributed by atoms with Gasteiger partial charge in [0, 0.05) is 0 Å². The van der Waals surface area contributed by atoms with Crippen molar-refractivity contribution in [3.63, 3.8) is 0 Å². The van der Waals surface area contributed by atoms with E-state index in [4.69, 9.17) is 0 Å². The molecule has 0 aromatic heterocycles. The molecule has 156 valence electrons. The third-order valence-electron chi connectivity index (χ3n) is 2.78. The Morgan fingerprint density at radius 3 is 1.07 bits per heavy atom. The van der Waals surface area contributed by atoms with Crippen LogP contribution in [0.4, 0.5) is 11.4 Å². The molecule has 0 aliphatic heterocycles. The molecule has 0 saturated carbocycles. The van der Waals surface area contributed by atoms with Gasteiger partial charge in [-0.05, 0) is 37.1 Å². The minimum absolute atomic E-state index is 0.872. The Morgan fingerprint density at radius 1 is 0.607 bits per heavy atom. The van der Waals surface area contributed by atoms with Crippen LogP contribution >= 0.6 is 0 Å². The summed E-state index contributed by atoms with van der Waals surface area (Å²) in [7, 11) is 0. The van der Waals surface area contributed by atoms with Crippen molar-refractivity contribution in [1.82, 2.24) is 0 Å². The maximum atomic E-state index is 4.10. The van der Waals surface area contributed by atoms with Gasteiger partial charge in [-0.2, -0.15) is 10.2 Å². The molecule has 0 fully saturated rings. The van der Waals surface area contributed by atoms with Crippen LogP contribution in [0.25, 0.3) is 0 Å². The van der Waals surface area contributed by atoms with E-state index < -0.39 is 0 Å². The molecule has 0 amide bonds. The fourth-order valence-electron chi connectivity index (χ4n) is 1.51. The van der Waals surface area contributed by atoms with Crippen LogP contribution in [0.3, 0.4) is 0 Å². The highest BCUT2D eigenvalue weighted by atomic mass is 15.1. The largest absolute Gasteiger partial charge is 0.151 e. The zero-order valence-corrected chi connectivity index (χ0v) is 19.1. The Labute approximate surface area is 175 Å². The van der Waals surface area contributed by atoms with Crippen LogP contribution in [0.2, 0.25) is 0 Å². The predicted molar refractivity (Wildman–Crippen MR) is 130 cm³/mol. The summed E-state index contributed by atoms with van der Waals surface area (Å²) < 4.78 is 0. The van der Waals surface area contributed by atoms with Crippen LogP contribution in [-0.2, 0) is 0 Å². The second-order valence-electron chi connectivity index (χ2n) is 5.03. The van der Waals surface area contributed by atoms with E-state index in [1.165, 1.54) is 12.8 Å². The van der Waals surface area contributed by atoms with Gasteiger partial charge in [0.05, 0.1) is 11.4 Å². The van der Waals surface area contributed by atoms with E-state index in [0.29, 0.717) is 0 Å². The number of hydrogen-bond acceptors (Lipinski definition) is 2. The highest BCUT2D eigenvalue weighted by molar-refractivity contribution is 5.39. The van der Waals surface area contributed by atoms with Gasteiger partial charge in [-0.25, -0.2) is 0 Å². The van der Waals surface area contributed by atoms with Crippen LogP contribution < -0.4 is 0 Å². The predicted octanol–water partition coefficient (Wildman–Crippen LogP) is 10.1. The van der Waals surface area contributed by atoms with E-state index in [9.17, 15) is 0 Å². The van der Waals surface area contributed by atoms with Gasteiger partial charge in [-0.15, -0.1) is 13.2 Å². The molecule has 0 heterocycles. The molecule has 2 nitrogen and oxygen atoms in total. The molecule has 0 saturated heterocycles. The molecular formula is C26H42N2. The summed E-state index contributed by atoms with van der Waals surface area (Å²) in [5.74, 6) is 0.